The van der Waals surface area contributed by atoms with Crippen LogP contribution in [0.4, 0.5) is 0 Å². The van der Waals surface area contributed by atoms with Crippen LogP contribution in [0, 0.1) is 0 Å². The van der Waals surface area contributed by atoms with Crippen LogP contribution in [-0.2, 0) is 4.79 Å². The standard InChI is InChI=1S/C7H13NO5/c1-8-2-3(9)5(10)6(11)4(8)7(12)13/h3-6,9-11H,2H2,1H3,(H,12,13). The van der Waals surface area contributed by atoms with Crippen molar-refractivity contribution in [2.75, 3.05) is 13.6 Å². The number of β-amino-alcohol motifs (C(OH)–C–C–N with tert-alkyl or cyclic N) is 1. The predicted molar refractivity (Wildman–Crippen MR) is 42.1 cm³/mol. The number of likely N-dealkylation sites (tertiary alicyclic amines) is 1. The Morgan fingerprint density at radius 3 is 2.31 bits per heavy atom. The van der Waals surface area contributed by atoms with Crippen LogP contribution in [0.3, 0.4) is 0 Å². The van der Waals surface area contributed by atoms with Crippen molar-refractivity contribution in [1.29, 1.82) is 0 Å². The highest BCUT2D eigenvalue weighted by molar-refractivity contribution is 5.74. The molecule has 0 aliphatic carbocycles. The Morgan fingerprint density at radius 2 is 1.85 bits per heavy atom. The zero-order chi connectivity index (χ0) is 10.2. The van der Waals surface area contributed by atoms with Gasteiger partial charge >= 0.3 is 5.97 Å². The van der Waals surface area contributed by atoms with Crippen molar-refractivity contribution in [3.63, 3.8) is 0 Å². The number of aliphatic carboxylic acids is 1. The molecule has 0 aromatic rings. The summed E-state index contributed by atoms with van der Waals surface area (Å²) in [5, 5.41) is 36.4. The maximum absolute atomic E-state index is 10.6. The molecule has 1 saturated heterocycles. The SMILES string of the molecule is CN1CC(O)C(O)C(O)C1C(=O)O. The lowest BCUT2D eigenvalue weighted by atomic mass is 9.94. The first-order valence-electron chi connectivity index (χ1n) is 3.92. The minimum absolute atomic E-state index is 0.0369. The van der Waals surface area contributed by atoms with Gasteiger partial charge in [-0.25, -0.2) is 0 Å². The van der Waals surface area contributed by atoms with Crippen molar-refractivity contribution in [2.24, 2.45) is 0 Å². The number of carboxylic acids is 1. The Bertz CT molecular complexity index is 209. The highest BCUT2D eigenvalue weighted by Gasteiger charge is 2.43. The van der Waals surface area contributed by atoms with Crippen molar-refractivity contribution in [3.8, 4) is 0 Å². The second kappa shape index (κ2) is 3.59. The van der Waals surface area contributed by atoms with E-state index in [0.29, 0.717) is 0 Å². The molecule has 0 bridgehead atoms. The van der Waals surface area contributed by atoms with Crippen LogP contribution >= 0.6 is 0 Å². The fraction of sp³-hybridized carbons (Fsp3) is 0.857. The first-order valence-corrected chi connectivity index (χ1v) is 3.92. The van der Waals surface area contributed by atoms with Crippen LogP contribution in [0.2, 0.25) is 0 Å². The van der Waals surface area contributed by atoms with Crippen LogP contribution in [0.5, 0.6) is 0 Å². The number of aliphatic hydroxyl groups is 3. The average Bonchev–Trinajstić information content (AvgIpc) is 1.99. The third kappa shape index (κ3) is 1.80. The van der Waals surface area contributed by atoms with E-state index in [9.17, 15) is 20.1 Å². The third-order valence-electron chi connectivity index (χ3n) is 2.27. The molecular formula is C7H13NO5. The summed E-state index contributed by atoms with van der Waals surface area (Å²) in [5.74, 6) is -1.21. The van der Waals surface area contributed by atoms with Gasteiger partial charge in [0.15, 0.2) is 0 Å². The van der Waals surface area contributed by atoms with Gasteiger partial charge in [-0.3, -0.25) is 9.69 Å². The normalized spacial score (nSPS) is 41.8. The molecule has 0 radical (unpaired) electrons. The van der Waals surface area contributed by atoms with Crippen molar-refractivity contribution in [1.82, 2.24) is 4.90 Å². The fourth-order valence-electron chi connectivity index (χ4n) is 1.53. The zero-order valence-corrected chi connectivity index (χ0v) is 7.16. The first kappa shape index (κ1) is 10.4. The molecule has 1 heterocycles. The summed E-state index contributed by atoms with van der Waals surface area (Å²) in [6, 6.07) is -1.15. The number of carboxylic acid groups (broad SMARTS) is 1. The highest BCUT2D eigenvalue weighted by Crippen LogP contribution is 2.17. The van der Waals surface area contributed by atoms with Crippen molar-refractivity contribution in [3.05, 3.63) is 0 Å². The van der Waals surface area contributed by atoms with Gasteiger partial charge in [0.05, 0.1) is 6.10 Å². The minimum atomic E-state index is -1.45. The summed E-state index contributed by atoms with van der Waals surface area (Å²) in [5.41, 5.74) is 0. The quantitative estimate of drug-likeness (QED) is 0.364. The van der Waals surface area contributed by atoms with Gasteiger partial charge < -0.3 is 20.4 Å². The maximum atomic E-state index is 10.6. The molecule has 1 fully saturated rings. The van der Waals surface area contributed by atoms with E-state index in [4.69, 9.17) is 5.11 Å². The molecule has 0 amide bonds. The molecule has 1 rings (SSSR count). The Balaban J connectivity index is 2.79. The van der Waals surface area contributed by atoms with E-state index in [1.807, 2.05) is 0 Å². The van der Waals surface area contributed by atoms with Gasteiger partial charge in [0, 0.05) is 6.54 Å². The fourth-order valence-corrected chi connectivity index (χ4v) is 1.53. The number of nitrogens with zero attached hydrogens (tertiary/aromatic N) is 1. The highest BCUT2D eigenvalue weighted by atomic mass is 16.4. The zero-order valence-electron chi connectivity index (χ0n) is 7.16. The van der Waals surface area contributed by atoms with Crippen LogP contribution < -0.4 is 0 Å². The number of hydrogen-bond donors (Lipinski definition) is 4. The van der Waals surface area contributed by atoms with E-state index in [1.165, 1.54) is 11.9 Å². The van der Waals surface area contributed by atoms with Gasteiger partial charge in [0.25, 0.3) is 0 Å². The number of hydrogen-bond acceptors (Lipinski definition) is 5. The van der Waals surface area contributed by atoms with Gasteiger partial charge in [-0.15, -0.1) is 0 Å². The smallest absolute Gasteiger partial charge is 0.323 e. The molecular weight excluding hydrogens is 178 g/mol. The molecule has 0 spiro atoms. The monoisotopic (exact) mass is 191 g/mol. The Kier molecular flexibility index (Phi) is 2.87. The number of piperidine rings is 1. The van der Waals surface area contributed by atoms with Gasteiger partial charge in [-0.05, 0) is 7.05 Å². The first-order chi connectivity index (χ1) is 5.95. The second-order valence-corrected chi connectivity index (χ2v) is 3.27. The van der Waals surface area contributed by atoms with Crippen molar-refractivity contribution in [2.45, 2.75) is 24.4 Å². The lowest BCUT2D eigenvalue weighted by Crippen LogP contribution is -2.62. The molecule has 1 aliphatic heterocycles. The average molecular weight is 191 g/mol. The Labute approximate surface area is 75.0 Å². The minimum Gasteiger partial charge on any atom is -0.480 e. The van der Waals surface area contributed by atoms with E-state index in [-0.39, 0.29) is 6.54 Å². The summed E-state index contributed by atoms with van der Waals surface area (Å²) in [7, 11) is 1.47. The Morgan fingerprint density at radius 1 is 1.31 bits per heavy atom. The lowest BCUT2D eigenvalue weighted by Gasteiger charge is -2.39. The van der Waals surface area contributed by atoms with E-state index < -0.39 is 30.3 Å². The van der Waals surface area contributed by atoms with Gasteiger partial charge in [-0.2, -0.15) is 0 Å². The molecule has 0 aromatic carbocycles. The van der Waals surface area contributed by atoms with Crippen LogP contribution in [0.1, 0.15) is 0 Å². The van der Waals surface area contributed by atoms with Crippen LogP contribution in [0.25, 0.3) is 0 Å². The molecule has 0 saturated carbocycles. The largest absolute Gasteiger partial charge is 0.480 e. The lowest BCUT2D eigenvalue weighted by molar-refractivity contribution is -0.167. The number of aliphatic hydroxyl groups excluding tert-OH is 3. The third-order valence-corrected chi connectivity index (χ3v) is 2.27. The summed E-state index contributed by atoms with van der Waals surface area (Å²) in [6.45, 7) is 0.0369. The van der Waals surface area contributed by atoms with Crippen molar-refractivity contribution >= 4 is 5.97 Å². The molecule has 76 valence electrons. The summed E-state index contributed by atoms with van der Waals surface area (Å²) in [6.07, 6.45) is -3.95. The van der Waals surface area contributed by atoms with Crippen LogP contribution in [0.15, 0.2) is 0 Å². The summed E-state index contributed by atoms with van der Waals surface area (Å²) in [4.78, 5) is 11.9. The van der Waals surface area contributed by atoms with Gasteiger partial charge in [-0.1, -0.05) is 0 Å². The molecule has 0 aromatic heterocycles. The summed E-state index contributed by atoms with van der Waals surface area (Å²) < 4.78 is 0. The van der Waals surface area contributed by atoms with Crippen molar-refractivity contribution < 1.29 is 25.2 Å². The molecule has 4 atom stereocenters. The van der Waals surface area contributed by atoms with Gasteiger partial charge in [0.1, 0.15) is 18.2 Å². The molecule has 4 N–H and O–H groups in total. The van der Waals surface area contributed by atoms with E-state index in [2.05, 4.69) is 0 Å². The second-order valence-electron chi connectivity index (χ2n) is 3.27. The molecule has 6 heteroatoms. The topological polar surface area (TPSA) is 101 Å². The molecule has 4 unspecified atom stereocenters. The molecule has 13 heavy (non-hydrogen) atoms. The maximum Gasteiger partial charge on any atom is 0.323 e. The predicted octanol–water partition coefficient (Wildman–Crippen LogP) is -2.53. The van der Waals surface area contributed by atoms with E-state index >= 15 is 0 Å². The number of likely N-dealkylation sites (N-methyl/N-ethyl adjacent to an activating group) is 1. The van der Waals surface area contributed by atoms with E-state index in [1.54, 1.807) is 0 Å². The number of carbonyl (C=O) groups is 1. The summed E-state index contributed by atoms with van der Waals surface area (Å²) >= 11 is 0. The molecule has 6 nitrogen and oxygen atoms in total. The van der Waals surface area contributed by atoms with Gasteiger partial charge in [0.2, 0.25) is 0 Å². The molecule has 1 aliphatic rings. The van der Waals surface area contributed by atoms with E-state index in [0.717, 1.165) is 0 Å². The van der Waals surface area contributed by atoms with Crippen LogP contribution in [-0.4, -0.2) is 69.2 Å². The Hall–Kier alpha value is -0.690. The number of rotatable bonds is 1.